The first-order valence-corrected chi connectivity index (χ1v) is 8.74. The van der Waals surface area contributed by atoms with Gasteiger partial charge in [0.05, 0.1) is 6.54 Å². The Labute approximate surface area is 157 Å². The lowest BCUT2D eigenvalue weighted by Crippen LogP contribution is -2.26. The molecule has 4 aromatic rings. The lowest BCUT2D eigenvalue weighted by molar-refractivity contribution is 0.0771. The van der Waals surface area contributed by atoms with Crippen LogP contribution in [0, 0.1) is 6.92 Å². The van der Waals surface area contributed by atoms with Crippen LogP contribution in [0.1, 0.15) is 21.8 Å². The van der Waals surface area contributed by atoms with Crippen LogP contribution in [-0.4, -0.2) is 28.0 Å². The van der Waals surface area contributed by atoms with E-state index in [4.69, 9.17) is 4.52 Å². The highest BCUT2D eigenvalue weighted by Crippen LogP contribution is 2.21. The van der Waals surface area contributed by atoms with Gasteiger partial charge in [0.1, 0.15) is 0 Å². The van der Waals surface area contributed by atoms with Crippen molar-refractivity contribution in [1.29, 1.82) is 0 Å². The summed E-state index contributed by atoms with van der Waals surface area (Å²) in [4.78, 5) is 18.9. The van der Waals surface area contributed by atoms with E-state index in [1.54, 1.807) is 11.9 Å². The molecule has 4 rings (SSSR count). The standard InChI is InChI=1S/C22H19N3O2/c1-15-10-12-17(13-11-15)21-23-20(27-24-21)14-25(2)22(26)19-9-5-7-16-6-3-4-8-18(16)19/h3-13H,14H2,1-2H3. The summed E-state index contributed by atoms with van der Waals surface area (Å²) in [6.45, 7) is 2.28. The minimum atomic E-state index is -0.0816. The Bertz CT molecular complexity index is 1090. The molecule has 0 bridgehead atoms. The number of amides is 1. The zero-order valence-corrected chi connectivity index (χ0v) is 15.2. The van der Waals surface area contributed by atoms with E-state index < -0.39 is 0 Å². The highest BCUT2D eigenvalue weighted by atomic mass is 16.5. The normalized spacial score (nSPS) is 10.9. The highest BCUT2D eigenvalue weighted by molar-refractivity contribution is 6.06. The molecule has 0 N–H and O–H groups in total. The van der Waals surface area contributed by atoms with Gasteiger partial charge in [0.2, 0.25) is 11.7 Å². The summed E-state index contributed by atoms with van der Waals surface area (Å²) in [5.74, 6) is 0.847. The second-order valence-corrected chi connectivity index (χ2v) is 6.57. The van der Waals surface area contributed by atoms with Gasteiger partial charge in [-0.25, -0.2) is 0 Å². The number of nitrogens with zero attached hydrogens (tertiary/aromatic N) is 3. The molecule has 0 saturated heterocycles. The Morgan fingerprint density at radius 2 is 1.74 bits per heavy atom. The molecule has 0 radical (unpaired) electrons. The number of carbonyl (C=O) groups excluding carboxylic acids is 1. The van der Waals surface area contributed by atoms with Crippen LogP contribution >= 0.6 is 0 Å². The van der Waals surface area contributed by atoms with Gasteiger partial charge in [-0.3, -0.25) is 4.79 Å². The van der Waals surface area contributed by atoms with Gasteiger partial charge in [-0.05, 0) is 23.8 Å². The topological polar surface area (TPSA) is 59.2 Å². The number of benzene rings is 3. The van der Waals surface area contributed by atoms with Crippen molar-refractivity contribution in [2.24, 2.45) is 0 Å². The third-order valence-electron chi connectivity index (χ3n) is 4.52. The second kappa shape index (κ2) is 7.03. The third-order valence-corrected chi connectivity index (χ3v) is 4.52. The first kappa shape index (κ1) is 17.0. The predicted molar refractivity (Wildman–Crippen MR) is 104 cm³/mol. The second-order valence-electron chi connectivity index (χ2n) is 6.57. The number of aromatic nitrogens is 2. The van der Waals surface area contributed by atoms with E-state index in [1.807, 2.05) is 73.7 Å². The summed E-state index contributed by atoms with van der Waals surface area (Å²) in [6, 6.07) is 21.5. The maximum atomic E-state index is 12.9. The van der Waals surface area contributed by atoms with Crippen molar-refractivity contribution in [2.45, 2.75) is 13.5 Å². The van der Waals surface area contributed by atoms with Crippen molar-refractivity contribution in [3.63, 3.8) is 0 Å². The number of carbonyl (C=O) groups is 1. The zero-order chi connectivity index (χ0) is 18.8. The van der Waals surface area contributed by atoms with Gasteiger partial charge in [0.25, 0.3) is 5.91 Å². The molecule has 0 spiro atoms. The largest absolute Gasteiger partial charge is 0.337 e. The average Bonchev–Trinajstić information content (AvgIpc) is 3.16. The summed E-state index contributed by atoms with van der Waals surface area (Å²) < 4.78 is 5.34. The molecule has 0 fully saturated rings. The maximum Gasteiger partial charge on any atom is 0.254 e. The van der Waals surface area contributed by atoms with E-state index >= 15 is 0 Å². The average molecular weight is 357 g/mol. The number of fused-ring (bicyclic) bond motifs is 1. The summed E-state index contributed by atoms with van der Waals surface area (Å²) in [5, 5.41) is 6.00. The fraction of sp³-hybridized carbons (Fsp3) is 0.136. The molecule has 1 heterocycles. The fourth-order valence-electron chi connectivity index (χ4n) is 3.03. The minimum absolute atomic E-state index is 0.0816. The zero-order valence-electron chi connectivity index (χ0n) is 15.2. The van der Waals surface area contributed by atoms with Crippen LogP contribution in [0.4, 0.5) is 0 Å². The van der Waals surface area contributed by atoms with E-state index in [-0.39, 0.29) is 12.5 Å². The van der Waals surface area contributed by atoms with Gasteiger partial charge in [-0.15, -0.1) is 0 Å². The van der Waals surface area contributed by atoms with Gasteiger partial charge < -0.3 is 9.42 Å². The van der Waals surface area contributed by atoms with Crippen molar-refractivity contribution < 1.29 is 9.32 Å². The van der Waals surface area contributed by atoms with Crippen molar-refractivity contribution in [3.05, 3.63) is 83.7 Å². The van der Waals surface area contributed by atoms with Crippen molar-refractivity contribution in [3.8, 4) is 11.4 Å². The van der Waals surface area contributed by atoms with Crippen LogP contribution in [0.2, 0.25) is 0 Å². The van der Waals surface area contributed by atoms with Gasteiger partial charge in [-0.1, -0.05) is 71.4 Å². The molecular formula is C22H19N3O2. The molecule has 5 nitrogen and oxygen atoms in total. The van der Waals surface area contributed by atoms with Gasteiger partial charge >= 0.3 is 0 Å². The van der Waals surface area contributed by atoms with Gasteiger partial charge in [0, 0.05) is 18.2 Å². The molecule has 0 aliphatic rings. The molecule has 27 heavy (non-hydrogen) atoms. The van der Waals surface area contributed by atoms with Crippen LogP contribution in [0.3, 0.4) is 0 Å². The molecule has 0 unspecified atom stereocenters. The predicted octanol–water partition coefficient (Wildman–Crippen LogP) is 4.47. The number of hydrogen-bond acceptors (Lipinski definition) is 4. The number of aryl methyl sites for hydroxylation is 1. The van der Waals surface area contributed by atoms with Crippen molar-refractivity contribution in [1.82, 2.24) is 15.0 Å². The van der Waals surface area contributed by atoms with Crippen LogP contribution in [0.25, 0.3) is 22.2 Å². The molecule has 0 atom stereocenters. The SMILES string of the molecule is Cc1ccc(-c2noc(CN(C)C(=O)c3cccc4ccccc34)n2)cc1. The van der Waals surface area contributed by atoms with E-state index in [1.165, 1.54) is 5.56 Å². The Kier molecular flexibility index (Phi) is 4.42. The molecular weight excluding hydrogens is 338 g/mol. The van der Waals surface area contributed by atoms with Crippen LogP contribution in [0.5, 0.6) is 0 Å². The molecule has 1 amide bonds. The molecule has 1 aromatic heterocycles. The molecule has 0 aliphatic carbocycles. The summed E-state index contributed by atoms with van der Waals surface area (Å²) in [7, 11) is 1.74. The third kappa shape index (κ3) is 3.44. The van der Waals surface area contributed by atoms with Crippen molar-refractivity contribution >= 4 is 16.7 Å². The Hall–Kier alpha value is -3.47. The van der Waals surface area contributed by atoms with Gasteiger partial charge in [-0.2, -0.15) is 4.98 Å². The van der Waals surface area contributed by atoms with E-state index in [9.17, 15) is 4.79 Å². The first-order valence-electron chi connectivity index (χ1n) is 8.74. The van der Waals surface area contributed by atoms with Crippen LogP contribution < -0.4 is 0 Å². The molecule has 134 valence electrons. The Balaban J connectivity index is 1.54. The molecule has 0 aliphatic heterocycles. The van der Waals surface area contributed by atoms with Crippen LogP contribution in [0.15, 0.2) is 71.3 Å². The van der Waals surface area contributed by atoms with E-state index in [0.717, 1.165) is 16.3 Å². The summed E-state index contributed by atoms with van der Waals surface area (Å²) >= 11 is 0. The van der Waals surface area contributed by atoms with Gasteiger partial charge in [0.15, 0.2) is 0 Å². The van der Waals surface area contributed by atoms with E-state index in [2.05, 4.69) is 10.1 Å². The summed E-state index contributed by atoms with van der Waals surface area (Å²) in [5.41, 5.74) is 2.72. The lowest BCUT2D eigenvalue weighted by Gasteiger charge is -2.16. The lowest BCUT2D eigenvalue weighted by atomic mass is 10.0. The Morgan fingerprint density at radius 1 is 1.00 bits per heavy atom. The number of hydrogen-bond donors (Lipinski definition) is 0. The maximum absolute atomic E-state index is 12.9. The monoisotopic (exact) mass is 357 g/mol. The Morgan fingerprint density at radius 3 is 2.56 bits per heavy atom. The van der Waals surface area contributed by atoms with E-state index in [0.29, 0.717) is 17.3 Å². The minimum Gasteiger partial charge on any atom is -0.337 e. The summed E-state index contributed by atoms with van der Waals surface area (Å²) in [6.07, 6.45) is 0. The fourth-order valence-corrected chi connectivity index (χ4v) is 3.03. The van der Waals surface area contributed by atoms with Crippen LogP contribution in [-0.2, 0) is 6.54 Å². The molecule has 5 heteroatoms. The smallest absolute Gasteiger partial charge is 0.254 e. The first-order chi connectivity index (χ1) is 13.1. The van der Waals surface area contributed by atoms with Crippen molar-refractivity contribution in [2.75, 3.05) is 7.05 Å². The highest BCUT2D eigenvalue weighted by Gasteiger charge is 2.18. The quantitative estimate of drug-likeness (QED) is 0.541. The number of rotatable bonds is 4. The molecule has 0 saturated carbocycles. The molecule has 3 aromatic carbocycles.